The van der Waals surface area contributed by atoms with E-state index in [4.69, 9.17) is 47.2 Å². The molecule has 77 heavy (non-hydrogen) atoms. The normalized spacial score (nSPS) is 17.1. The van der Waals surface area contributed by atoms with E-state index in [9.17, 15) is 14.4 Å². The Kier molecular flexibility index (Phi) is 20.6. The molecule has 2 N–H and O–H groups in total. The predicted molar refractivity (Wildman–Crippen MR) is 295 cm³/mol. The van der Waals surface area contributed by atoms with Gasteiger partial charge in [0.2, 0.25) is 5.12 Å². The van der Waals surface area contributed by atoms with Crippen LogP contribution in [0.4, 0.5) is 10.6 Å². The maximum absolute atomic E-state index is 13.5. The van der Waals surface area contributed by atoms with Crippen molar-refractivity contribution in [1.82, 2.24) is 29.5 Å². The number of thioether (sulfide) groups is 1. The lowest BCUT2D eigenvalue weighted by molar-refractivity contribution is -0.118. The van der Waals surface area contributed by atoms with E-state index in [-0.39, 0.29) is 55.2 Å². The number of carbonyl (C=O) groups is 3. The molecule has 1 aliphatic rings. The Morgan fingerprint density at radius 2 is 1.43 bits per heavy atom. The Morgan fingerprint density at radius 1 is 0.818 bits per heavy atom. The molecule has 0 spiro atoms. The van der Waals surface area contributed by atoms with Crippen molar-refractivity contribution in [3.63, 3.8) is 0 Å². The summed E-state index contributed by atoms with van der Waals surface area (Å²) in [5.41, 5.74) is 0.621. The van der Waals surface area contributed by atoms with Gasteiger partial charge in [-0.25, -0.2) is 24.4 Å². The molecule has 7 rings (SSSR count). The zero-order valence-corrected chi connectivity index (χ0v) is 46.5. The van der Waals surface area contributed by atoms with Crippen LogP contribution in [0, 0.1) is 0 Å². The van der Waals surface area contributed by atoms with Crippen LogP contribution in [0.1, 0.15) is 64.5 Å². The summed E-state index contributed by atoms with van der Waals surface area (Å²) in [5.74, 6) is 1.84. The number of benzene rings is 4. The fraction of sp³-hybridized carbons (Fsp3) is 0.393. The Labute approximate surface area is 455 Å². The number of carbonyl (C=O) groups excluding carboxylic acids is 3. The van der Waals surface area contributed by atoms with Crippen molar-refractivity contribution in [3.8, 4) is 17.2 Å². The SMILES string of the molecule is C=CCOC(=O)NC(C)(C)C(=O)SCCOP(OC1C(COC(c2ccccc2)(c2ccc(OC)cc2)c2ccc(OC)cc2)OC(n2cnc3c(NC(=O)COc4ccccc4)ncnc32)C1OC)N(C(C)C)C(C)C. The second-order valence-corrected chi connectivity index (χ2v) is 21.2. The second-order valence-electron chi connectivity index (χ2n) is 18.8. The smallest absolute Gasteiger partial charge is 0.408 e. The van der Waals surface area contributed by atoms with Gasteiger partial charge in [0, 0.05) is 24.9 Å². The summed E-state index contributed by atoms with van der Waals surface area (Å²) in [5, 5.41) is 5.16. The highest BCUT2D eigenvalue weighted by molar-refractivity contribution is 8.13. The number of anilines is 1. The van der Waals surface area contributed by atoms with E-state index >= 15 is 0 Å². The van der Waals surface area contributed by atoms with E-state index in [1.807, 2.05) is 97.1 Å². The summed E-state index contributed by atoms with van der Waals surface area (Å²) < 4.78 is 60.9. The molecule has 0 radical (unpaired) electrons. The minimum absolute atomic E-state index is 0.00568. The number of hydrogen-bond donors (Lipinski definition) is 2. The summed E-state index contributed by atoms with van der Waals surface area (Å²) in [6.45, 7) is 14.8. The van der Waals surface area contributed by atoms with Crippen molar-refractivity contribution in [2.45, 2.75) is 89.3 Å². The van der Waals surface area contributed by atoms with Crippen molar-refractivity contribution in [2.24, 2.45) is 0 Å². The van der Waals surface area contributed by atoms with E-state index in [0.29, 0.717) is 28.4 Å². The Hall–Kier alpha value is -6.48. The molecule has 0 aliphatic carbocycles. The fourth-order valence-corrected chi connectivity index (χ4v) is 11.5. The van der Waals surface area contributed by atoms with E-state index < -0.39 is 56.2 Å². The molecule has 19 nitrogen and oxygen atoms in total. The molecule has 5 atom stereocenters. The van der Waals surface area contributed by atoms with Crippen LogP contribution >= 0.6 is 20.3 Å². The minimum Gasteiger partial charge on any atom is -0.497 e. The highest BCUT2D eigenvalue weighted by Crippen LogP contribution is 2.51. The molecule has 5 unspecified atom stereocenters. The number of amides is 2. The van der Waals surface area contributed by atoms with Crippen LogP contribution < -0.4 is 24.8 Å². The third-order valence-corrected chi connectivity index (χ3v) is 15.7. The maximum atomic E-state index is 13.5. The van der Waals surface area contributed by atoms with Crippen LogP contribution in [-0.2, 0) is 43.2 Å². The number of alkyl carbamates (subject to hydrolysis) is 1. The number of methoxy groups -OCH3 is 3. The number of ether oxygens (including phenoxy) is 7. The quantitative estimate of drug-likeness (QED) is 0.0213. The Balaban J connectivity index is 1.26. The van der Waals surface area contributed by atoms with Crippen molar-refractivity contribution in [1.29, 1.82) is 0 Å². The molecule has 2 amide bonds. The molecule has 0 bridgehead atoms. The van der Waals surface area contributed by atoms with E-state index in [2.05, 4.69) is 59.5 Å². The summed E-state index contributed by atoms with van der Waals surface area (Å²) in [6, 6.07) is 34.3. The number of imidazole rings is 1. The minimum atomic E-state index is -1.93. The first-order valence-corrected chi connectivity index (χ1v) is 27.2. The number of para-hydroxylation sites is 1. The van der Waals surface area contributed by atoms with Crippen LogP contribution in [0.5, 0.6) is 17.2 Å². The Bertz CT molecular complexity index is 2810. The van der Waals surface area contributed by atoms with Crippen molar-refractivity contribution >= 4 is 54.4 Å². The highest BCUT2D eigenvalue weighted by Gasteiger charge is 2.51. The molecule has 21 heteroatoms. The second kappa shape index (κ2) is 27.2. The fourth-order valence-electron chi connectivity index (χ4n) is 8.83. The number of fused-ring (bicyclic) bond motifs is 1. The predicted octanol–water partition coefficient (Wildman–Crippen LogP) is 9.48. The van der Waals surface area contributed by atoms with Gasteiger partial charge in [0.05, 0.1) is 33.8 Å². The lowest BCUT2D eigenvalue weighted by Crippen LogP contribution is -2.49. The van der Waals surface area contributed by atoms with Gasteiger partial charge in [-0.3, -0.25) is 14.2 Å². The van der Waals surface area contributed by atoms with Crippen LogP contribution in [-0.4, -0.2) is 131 Å². The first-order valence-electron chi connectivity index (χ1n) is 25.1. The van der Waals surface area contributed by atoms with E-state index in [1.165, 1.54) is 12.4 Å². The molecule has 3 heterocycles. The number of rotatable bonds is 27. The van der Waals surface area contributed by atoms with Gasteiger partial charge in [-0.1, -0.05) is 97.2 Å². The van der Waals surface area contributed by atoms with Crippen molar-refractivity contribution < 1.29 is 56.6 Å². The van der Waals surface area contributed by atoms with Gasteiger partial charge in [0.15, 0.2) is 29.8 Å². The van der Waals surface area contributed by atoms with Crippen molar-refractivity contribution in [3.05, 3.63) is 151 Å². The zero-order valence-electron chi connectivity index (χ0n) is 44.8. The summed E-state index contributed by atoms with van der Waals surface area (Å²) in [6.07, 6.45) is 0.0879. The van der Waals surface area contributed by atoms with Gasteiger partial charge >= 0.3 is 6.09 Å². The monoisotopic (exact) mass is 1090 g/mol. The average molecular weight is 1090 g/mol. The third kappa shape index (κ3) is 14.2. The molecule has 1 aliphatic heterocycles. The largest absolute Gasteiger partial charge is 0.497 e. The molecule has 6 aromatic rings. The van der Waals surface area contributed by atoms with Gasteiger partial charge < -0.3 is 52.8 Å². The molecule has 1 saturated heterocycles. The van der Waals surface area contributed by atoms with Crippen LogP contribution in [0.2, 0.25) is 0 Å². The molecule has 1 fully saturated rings. The van der Waals surface area contributed by atoms with E-state index in [0.717, 1.165) is 28.5 Å². The first kappa shape index (κ1) is 58.2. The lowest BCUT2D eigenvalue weighted by Gasteiger charge is -2.39. The van der Waals surface area contributed by atoms with Gasteiger partial charge in [0.1, 0.15) is 59.6 Å². The first-order chi connectivity index (χ1) is 37.1. The standard InChI is InChI=1S/C56H68N7O12PS/c1-11-30-70-54(66)61-55(6,7)53(65)77-32-31-73-76(63(37(2)3)38(4)5)75-48-45(33-72-56(39-18-14-12-15-19-39,40-22-26-42(67-8)27-23-40)41-24-28-43(68-9)29-25-41)74-52(49(48)69-10)62-36-59-47-50(57-35-58-51(47)62)60-46(64)34-71-44-20-16-13-17-21-44/h11-29,35-38,45,48-49,52H,1,30-34H2,2-10H3,(H,61,66)(H,57,58,60,64). The molecular weight excluding hydrogens is 1030 g/mol. The average Bonchev–Trinajstić information content (AvgIpc) is 4.15. The summed E-state index contributed by atoms with van der Waals surface area (Å²) in [4.78, 5) is 52.8. The summed E-state index contributed by atoms with van der Waals surface area (Å²) in [7, 11) is 2.89. The van der Waals surface area contributed by atoms with Crippen LogP contribution in [0.3, 0.4) is 0 Å². The molecule has 410 valence electrons. The van der Waals surface area contributed by atoms with Gasteiger partial charge in [0.25, 0.3) is 14.4 Å². The third-order valence-electron chi connectivity index (χ3n) is 12.4. The van der Waals surface area contributed by atoms with Gasteiger partial charge in [-0.2, -0.15) is 0 Å². The van der Waals surface area contributed by atoms with Crippen molar-refractivity contribution in [2.75, 3.05) is 58.8 Å². The zero-order chi connectivity index (χ0) is 55.1. The molecule has 4 aromatic carbocycles. The van der Waals surface area contributed by atoms with Gasteiger partial charge in [-0.15, -0.1) is 0 Å². The molecule has 2 aromatic heterocycles. The van der Waals surface area contributed by atoms with Gasteiger partial charge in [-0.05, 0) is 94.6 Å². The maximum Gasteiger partial charge on any atom is 0.408 e. The molecule has 0 saturated carbocycles. The number of nitrogens with one attached hydrogen (secondary N) is 2. The number of aromatic nitrogens is 4. The Morgan fingerprint density at radius 3 is 2.01 bits per heavy atom. The highest BCUT2D eigenvalue weighted by atomic mass is 32.2. The topological polar surface area (TPSA) is 205 Å². The molecular formula is C56H68N7O12PS. The number of nitrogens with zero attached hydrogens (tertiary/aromatic N) is 5. The van der Waals surface area contributed by atoms with Crippen LogP contribution in [0.15, 0.2) is 135 Å². The van der Waals surface area contributed by atoms with E-state index in [1.54, 1.807) is 58.2 Å². The summed E-state index contributed by atoms with van der Waals surface area (Å²) >= 11 is 1.02. The lowest BCUT2D eigenvalue weighted by atomic mass is 9.80. The number of hydrogen-bond acceptors (Lipinski definition) is 17. The van der Waals surface area contributed by atoms with Crippen LogP contribution in [0.25, 0.3) is 11.2 Å².